The van der Waals surface area contributed by atoms with Crippen LogP contribution >= 0.6 is 11.8 Å². The summed E-state index contributed by atoms with van der Waals surface area (Å²) < 4.78 is 5.62. The number of thioether (sulfide) groups is 1. The van der Waals surface area contributed by atoms with E-state index in [4.69, 9.17) is 4.42 Å². The molecule has 0 bridgehead atoms. The summed E-state index contributed by atoms with van der Waals surface area (Å²) in [7, 11) is 4.03. The quantitative estimate of drug-likeness (QED) is 0.820. The summed E-state index contributed by atoms with van der Waals surface area (Å²) in [6.45, 7) is 3.56. The minimum atomic E-state index is 0.0520. The average Bonchev–Trinajstić information content (AvgIpc) is 2.82. The molecule has 0 N–H and O–H groups in total. The van der Waals surface area contributed by atoms with Crippen molar-refractivity contribution in [2.45, 2.75) is 12.3 Å². The standard InChI is InChI=1S/C12H18N2O2S/c1-9-4-5-10(16-9)12-14(7-6-13(2)3)11(15)8-17-12/h4-5,12H,6-8H2,1-3H3. The number of rotatable bonds is 4. The fraction of sp³-hybridized carbons (Fsp3) is 0.583. The van der Waals surface area contributed by atoms with Crippen LogP contribution in [0.5, 0.6) is 0 Å². The van der Waals surface area contributed by atoms with Gasteiger partial charge < -0.3 is 14.2 Å². The fourth-order valence-electron chi connectivity index (χ4n) is 1.83. The molecule has 1 amide bonds. The van der Waals surface area contributed by atoms with E-state index in [-0.39, 0.29) is 11.3 Å². The van der Waals surface area contributed by atoms with E-state index in [0.29, 0.717) is 5.75 Å². The summed E-state index contributed by atoms with van der Waals surface area (Å²) in [6.07, 6.45) is 0. The van der Waals surface area contributed by atoms with Gasteiger partial charge in [0.25, 0.3) is 0 Å². The molecule has 0 aliphatic carbocycles. The largest absolute Gasteiger partial charge is 0.463 e. The molecular formula is C12H18N2O2S. The van der Waals surface area contributed by atoms with Crippen LogP contribution in [0.2, 0.25) is 0 Å². The van der Waals surface area contributed by atoms with E-state index < -0.39 is 0 Å². The molecule has 2 heterocycles. The maximum Gasteiger partial charge on any atom is 0.233 e. The highest BCUT2D eigenvalue weighted by Gasteiger charge is 2.34. The Bertz CT molecular complexity index is 403. The second-order valence-corrected chi connectivity index (χ2v) is 5.57. The summed E-state index contributed by atoms with van der Waals surface area (Å²) in [5.41, 5.74) is 0. The highest BCUT2D eigenvalue weighted by atomic mass is 32.2. The summed E-state index contributed by atoms with van der Waals surface area (Å²) >= 11 is 1.64. The molecule has 0 radical (unpaired) electrons. The van der Waals surface area contributed by atoms with Crippen LogP contribution in [-0.2, 0) is 4.79 Å². The van der Waals surface area contributed by atoms with E-state index in [2.05, 4.69) is 4.90 Å². The van der Waals surface area contributed by atoms with Crippen LogP contribution in [0.4, 0.5) is 0 Å². The first-order valence-corrected chi connectivity index (χ1v) is 6.75. The van der Waals surface area contributed by atoms with Gasteiger partial charge in [-0.2, -0.15) is 0 Å². The molecule has 1 aliphatic heterocycles. The van der Waals surface area contributed by atoms with Gasteiger partial charge in [0.1, 0.15) is 16.9 Å². The Balaban J connectivity index is 2.08. The Morgan fingerprint density at radius 2 is 2.29 bits per heavy atom. The van der Waals surface area contributed by atoms with Crippen molar-refractivity contribution in [2.75, 3.05) is 32.9 Å². The van der Waals surface area contributed by atoms with Crippen molar-refractivity contribution in [3.63, 3.8) is 0 Å². The first-order chi connectivity index (χ1) is 8.08. The predicted octanol–water partition coefficient (Wildman–Crippen LogP) is 1.72. The summed E-state index contributed by atoms with van der Waals surface area (Å²) in [5, 5.41) is 0.0520. The van der Waals surface area contributed by atoms with E-state index in [1.807, 2.05) is 38.1 Å². The van der Waals surface area contributed by atoms with Crippen LogP contribution in [0, 0.1) is 6.92 Å². The first kappa shape index (κ1) is 12.5. The monoisotopic (exact) mass is 254 g/mol. The number of amides is 1. The van der Waals surface area contributed by atoms with Gasteiger partial charge in [0.05, 0.1) is 5.75 Å². The van der Waals surface area contributed by atoms with Gasteiger partial charge in [0.15, 0.2) is 0 Å². The third kappa shape index (κ3) is 2.84. The number of carbonyl (C=O) groups is 1. The Hall–Kier alpha value is -0.940. The van der Waals surface area contributed by atoms with Gasteiger partial charge in [-0.3, -0.25) is 4.79 Å². The third-order valence-corrected chi connectivity index (χ3v) is 3.98. The van der Waals surface area contributed by atoms with Crippen molar-refractivity contribution in [1.82, 2.24) is 9.80 Å². The molecule has 1 aliphatic rings. The van der Waals surface area contributed by atoms with E-state index in [9.17, 15) is 4.79 Å². The number of hydrogen-bond acceptors (Lipinski definition) is 4. The maximum atomic E-state index is 11.8. The number of carbonyl (C=O) groups excluding carboxylic acids is 1. The van der Waals surface area contributed by atoms with Crippen LogP contribution in [-0.4, -0.2) is 48.6 Å². The molecular weight excluding hydrogens is 236 g/mol. The lowest BCUT2D eigenvalue weighted by atomic mass is 10.3. The molecule has 0 aromatic carbocycles. The minimum Gasteiger partial charge on any atom is -0.463 e. The van der Waals surface area contributed by atoms with Crippen molar-refractivity contribution < 1.29 is 9.21 Å². The Kier molecular flexibility index (Phi) is 3.79. The molecule has 0 saturated carbocycles. The fourth-order valence-corrected chi connectivity index (χ4v) is 2.99. The van der Waals surface area contributed by atoms with E-state index in [1.165, 1.54) is 0 Å². The van der Waals surface area contributed by atoms with Crippen molar-refractivity contribution in [1.29, 1.82) is 0 Å². The van der Waals surface area contributed by atoms with Gasteiger partial charge >= 0.3 is 0 Å². The molecule has 2 rings (SSSR count). The Morgan fingerprint density at radius 3 is 2.88 bits per heavy atom. The molecule has 1 saturated heterocycles. The number of aryl methyl sites for hydroxylation is 1. The van der Waals surface area contributed by atoms with Gasteiger partial charge in [0, 0.05) is 13.1 Å². The van der Waals surface area contributed by atoms with Crippen molar-refractivity contribution in [3.8, 4) is 0 Å². The molecule has 1 atom stereocenters. The van der Waals surface area contributed by atoms with Gasteiger partial charge in [-0.25, -0.2) is 0 Å². The molecule has 1 unspecified atom stereocenters. The maximum absolute atomic E-state index is 11.8. The molecule has 5 heteroatoms. The van der Waals surface area contributed by atoms with Gasteiger partial charge in [-0.05, 0) is 33.2 Å². The van der Waals surface area contributed by atoms with Crippen molar-refractivity contribution >= 4 is 17.7 Å². The van der Waals surface area contributed by atoms with Gasteiger partial charge in [0.2, 0.25) is 5.91 Å². The van der Waals surface area contributed by atoms with Gasteiger partial charge in [-0.15, -0.1) is 11.8 Å². The SMILES string of the molecule is Cc1ccc(C2SCC(=O)N2CCN(C)C)o1. The number of nitrogens with zero attached hydrogens (tertiary/aromatic N) is 2. The number of furan rings is 1. The first-order valence-electron chi connectivity index (χ1n) is 5.70. The van der Waals surface area contributed by atoms with Gasteiger partial charge in [-0.1, -0.05) is 0 Å². The zero-order valence-corrected chi connectivity index (χ0v) is 11.3. The van der Waals surface area contributed by atoms with Crippen LogP contribution in [0.1, 0.15) is 16.9 Å². The number of likely N-dealkylation sites (N-methyl/N-ethyl adjacent to an activating group) is 1. The van der Waals surface area contributed by atoms with Crippen LogP contribution in [0.25, 0.3) is 0 Å². The van der Waals surface area contributed by atoms with E-state index in [1.54, 1.807) is 11.8 Å². The summed E-state index contributed by atoms with van der Waals surface area (Å²) in [4.78, 5) is 15.8. The molecule has 1 aromatic heterocycles. The zero-order chi connectivity index (χ0) is 12.4. The molecule has 1 aromatic rings. The van der Waals surface area contributed by atoms with Crippen LogP contribution in [0.15, 0.2) is 16.5 Å². The van der Waals surface area contributed by atoms with Crippen molar-refractivity contribution in [3.05, 3.63) is 23.7 Å². The lowest BCUT2D eigenvalue weighted by Gasteiger charge is -2.23. The highest BCUT2D eigenvalue weighted by Crippen LogP contribution is 2.38. The minimum absolute atomic E-state index is 0.0520. The van der Waals surface area contributed by atoms with Crippen LogP contribution < -0.4 is 0 Å². The second kappa shape index (κ2) is 5.14. The third-order valence-electron chi connectivity index (χ3n) is 2.76. The number of hydrogen-bond donors (Lipinski definition) is 0. The summed E-state index contributed by atoms with van der Waals surface area (Å²) in [5.74, 6) is 2.54. The molecule has 4 nitrogen and oxygen atoms in total. The van der Waals surface area contributed by atoms with Crippen molar-refractivity contribution in [2.24, 2.45) is 0 Å². The predicted molar refractivity (Wildman–Crippen MR) is 68.9 cm³/mol. The lowest BCUT2D eigenvalue weighted by molar-refractivity contribution is -0.128. The zero-order valence-electron chi connectivity index (χ0n) is 10.5. The van der Waals surface area contributed by atoms with E-state index >= 15 is 0 Å². The smallest absolute Gasteiger partial charge is 0.233 e. The second-order valence-electron chi connectivity index (χ2n) is 4.50. The Morgan fingerprint density at radius 1 is 1.53 bits per heavy atom. The molecule has 17 heavy (non-hydrogen) atoms. The highest BCUT2D eigenvalue weighted by molar-refractivity contribution is 8.00. The summed E-state index contributed by atoms with van der Waals surface area (Å²) in [6, 6.07) is 3.91. The topological polar surface area (TPSA) is 36.7 Å². The van der Waals surface area contributed by atoms with E-state index in [0.717, 1.165) is 24.6 Å². The Labute approximate surface area is 106 Å². The lowest BCUT2D eigenvalue weighted by Crippen LogP contribution is -2.34. The average molecular weight is 254 g/mol. The van der Waals surface area contributed by atoms with Crippen LogP contribution in [0.3, 0.4) is 0 Å². The molecule has 1 fully saturated rings. The normalized spacial score (nSPS) is 20.6. The molecule has 0 spiro atoms. The molecule has 94 valence electrons.